The van der Waals surface area contributed by atoms with Gasteiger partial charge >= 0.3 is 0 Å². The zero-order chi connectivity index (χ0) is 11.0. The maximum Gasteiger partial charge on any atom is 0.0158 e. The molecule has 0 spiro atoms. The third-order valence-corrected chi connectivity index (χ3v) is 5.17. The summed E-state index contributed by atoms with van der Waals surface area (Å²) in [6.07, 6.45) is 4.76. The van der Waals surface area contributed by atoms with E-state index in [1.54, 1.807) is 0 Å². The summed E-state index contributed by atoms with van der Waals surface area (Å²) in [6.45, 7) is 0. The molecule has 1 saturated carbocycles. The van der Waals surface area contributed by atoms with Gasteiger partial charge < -0.3 is 5.73 Å². The Labute approximate surface area is 102 Å². The summed E-state index contributed by atoms with van der Waals surface area (Å²) in [7, 11) is 0. The van der Waals surface area contributed by atoms with Gasteiger partial charge in [-0.3, -0.25) is 0 Å². The zero-order valence-electron chi connectivity index (χ0n) is 9.61. The second kappa shape index (κ2) is 4.08. The molecule has 2 aliphatic rings. The van der Waals surface area contributed by atoms with Crippen molar-refractivity contribution in [2.24, 2.45) is 5.73 Å². The standard InChI is InChI=1S/C14H19NS/c15-14(7-8-14)6-5-11-1-3-12(4-2-11)13-9-16-10-13/h1-4,13H,5-10,15H2. The lowest BCUT2D eigenvalue weighted by Gasteiger charge is -2.25. The van der Waals surface area contributed by atoms with E-state index in [1.165, 1.54) is 35.5 Å². The van der Waals surface area contributed by atoms with Crippen molar-refractivity contribution in [3.63, 3.8) is 0 Å². The van der Waals surface area contributed by atoms with Gasteiger partial charge in [0, 0.05) is 23.0 Å². The molecule has 0 unspecified atom stereocenters. The van der Waals surface area contributed by atoms with Crippen molar-refractivity contribution in [1.29, 1.82) is 0 Å². The van der Waals surface area contributed by atoms with Crippen LogP contribution in [-0.2, 0) is 6.42 Å². The Bertz CT molecular complexity index is 363. The van der Waals surface area contributed by atoms with E-state index in [2.05, 4.69) is 24.3 Å². The van der Waals surface area contributed by atoms with Gasteiger partial charge in [0.2, 0.25) is 0 Å². The zero-order valence-corrected chi connectivity index (χ0v) is 10.4. The molecule has 0 radical (unpaired) electrons. The van der Waals surface area contributed by atoms with Gasteiger partial charge in [-0.25, -0.2) is 0 Å². The number of rotatable bonds is 4. The Morgan fingerprint density at radius 2 is 1.88 bits per heavy atom. The van der Waals surface area contributed by atoms with Crippen LogP contribution < -0.4 is 5.73 Å². The summed E-state index contributed by atoms with van der Waals surface area (Å²) >= 11 is 2.05. The van der Waals surface area contributed by atoms with Crippen LogP contribution in [0.4, 0.5) is 0 Å². The molecule has 1 aromatic rings. The lowest BCUT2D eigenvalue weighted by Crippen LogP contribution is -2.22. The normalized spacial score (nSPS) is 22.8. The molecule has 3 rings (SSSR count). The molecule has 1 heterocycles. The third-order valence-electron chi connectivity index (χ3n) is 3.89. The molecule has 16 heavy (non-hydrogen) atoms. The predicted octanol–water partition coefficient (Wildman–Crippen LogP) is 2.94. The van der Waals surface area contributed by atoms with Crippen LogP contribution in [0, 0.1) is 0 Å². The Balaban J connectivity index is 1.58. The molecule has 0 aromatic heterocycles. The van der Waals surface area contributed by atoms with Crippen molar-refractivity contribution in [3.05, 3.63) is 35.4 Å². The first-order chi connectivity index (χ1) is 7.75. The first-order valence-corrected chi connectivity index (χ1v) is 7.36. The molecule has 0 amide bonds. The van der Waals surface area contributed by atoms with E-state index < -0.39 is 0 Å². The van der Waals surface area contributed by atoms with E-state index in [0.717, 1.165) is 18.8 Å². The maximum absolute atomic E-state index is 6.10. The van der Waals surface area contributed by atoms with Crippen molar-refractivity contribution in [2.75, 3.05) is 11.5 Å². The molecule has 1 aromatic carbocycles. The SMILES string of the molecule is NC1(CCc2ccc(C3CSC3)cc2)CC1. The van der Waals surface area contributed by atoms with Crippen LogP contribution in [0.2, 0.25) is 0 Å². The van der Waals surface area contributed by atoms with Crippen LogP contribution in [0.25, 0.3) is 0 Å². The number of thioether (sulfide) groups is 1. The summed E-state index contributed by atoms with van der Waals surface area (Å²) in [5, 5.41) is 0. The minimum Gasteiger partial charge on any atom is -0.325 e. The lowest BCUT2D eigenvalue weighted by atomic mass is 9.98. The largest absolute Gasteiger partial charge is 0.325 e. The van der Waals surface area contributed by atoms with Crippen LogP contribution in [0.3, 0.4) is 0 Å². The van der Waals surface area contributed by atoms with Crippen LogP contribution in [-0.4, -0.2) is 17.0 Å². The average Bonchev–Trinajstić information content (AvgIpc) is 2.94. The molecule has 1 saturated heterocycles. The second-order valence-corrected chi connectivity index (χ2v) is 6.41. The quantitative estimate of drug-likeness (QED) is 0.865. The van der Waals surface area contributed by atoms with Gasteiger partial charge in [0.25, 0.3) is 0 Å². The molecule has 1 nitrogen and oxygen atoms in total. The molecule has 1 aliphatic heterocycles. The first-order valence-electron chi connectivity index (χ1n) is 6.21. The summed E-state index contributed by atoms with van der Waals surface area (Å²) in [5.41, 5.74) is 9.27. The number of nitrogens with two attached hydrogens (primary N) is 1. The average molecular weight is 233 g/mol. The van der Waals surface area contributed by atoms with Gasteiger partial charge in [-0.05, 0) is 36.8 Å². The van der Waals surface area contributed by atoms with Crippen molar-refractivity contribution < 1.29 is 0 Å². The van der Waals surface area contributed by atoms with Gasteiger partial charge in [-0.1, -0.05) is 24.3 Å². The van der Waals surface area contributed by atoms with Crippen molar-refractivity contribution in [3.8, 4) is 0 Å². The van der Waals surface area contributed by atoms with E-state index in [-0.39, 0.29) is 5.54 Å². The molecule has 86 valence electrons. The highest BCUT2D eigenvalue weighted by Gasteiger charge is 2.37. The van der Waals surface area contributed by atoms with E-state index in [4.69, 9.17) is 5.73 Å². The van der Waals surface area contributed by atoms with E-state index >= 15 is 0 Å². The van der Waals surface area contributed by atoms with Gasteiger partial charge in [0.15, 0.2) is 0 Å². The fraction of sp³-hybridized carbons (Fsp3) is 0.571. The Hall–Kier alpha value is -0.470. The number of hydrogen-bond acceptors (Lipinski definition) is 2. The summed E-state index contributed by atoms with van der Waals surface area (Å²) in [6, 6.07) is 9.22. The molecular formula is C14H19NS. The topological polar surface area (TPSA) is 26.0 Å². The Morgan fingerprint density at radius 1 is 1.19 bits per heavy atom. The van der Waals surface area contributed by atoms with Crippen molar-refractivity contribution >= 4 is 11.8 Å². The molecule has 2 fully saturated rings. The van der Waals surface area contributed by atoms with E-state index in [0.29, 0.717) is 0 Å². The smallest absolute Gasteiger partial charge is 0.0158 e. The Kier molecular flexibility index (Phi) is 2.72. The highest BCUT2D eigenvalue weighted by atomic mass is 32.2. The van der Waals surface area contributed by atoms with Gasteiger partial charge in [0.1, 0.15) is 0 Å². The Morgan fingerprint density at radius 3 is 2.38 bits per heavy atom. The molecular weight excluding hydrogens is 214 g/mol. The summed E-state index contributed by atoms with van der Waals surface area (Å²) < 4.78 is 0. The fourth-order valence-electron chi connectivity index (χ4n) is 2.19. The van der Waals surface area contributed by atoms with E-state index in [9.17, 15) is 0 Å². The number of aryl methyl sites for hydroxylation is 1. The van der Waals surface area contributed by atoms with Crippen LogP contribution in [0.1, 0.15) is 36.3 Å². The number of benzene rings is 1. The molecule has 0 atom stereocenters. The van der Waals surface area contributed by atoms with Crippen LogP contribution in [0.5, 0.6) is 0 Å². The highest BCUT2D eigenvalue weighted by molar-refractivity contribution is 8.00. The summed E-state index contributed by atoms with van der Waals surface area (Å²) in [5.74, 6) is 3.44. The van der Waals surface area contributed by atoms with Crippen LogP contribution in [0.15, 0.2) is 24.3 Å². The van der Waals surface area contributed by atoms with Crippen LogP contribution >= 0.6 is 11.8 Å². The predicted molar refractivity (Wildman–Crippen MR) is 71.0 cm³/mol. The van der Waals surface area contributed by atoms with Crippen molar-refractivity contribution in [2.45, 2.75) is 37.1 Å². The minimum absolute atomic E-state index is 0.198. The lowest BCUT2D eigenvalue weighted by molar-refractivity contribution is 0.609. The first kappa shape index (κ1) is 10.7. The molecule has 1 aliphatic carbocycles. The van der Waals surface area contributed by atoms with Gasteiger partial charge in [-0.2, -0.15) is 11.8 Å². The highest BCUT2D eigenvalue weighted by Crippen LogP contribution is 2.37. The van der Waals surface area contributed by atoms with E-state index in [1.807, 2.05) is 11.8 Å². The third kappa shape index (κ3) is 2.28. The second-order valence-electron chi connectivity index (χ2n) is 5.34. The molecule has 2 heteroatoms. The van der Waals surface area contributed by atoms with Gasteiger partial charge in [-0.15, -0.1) is 0 Å². The fourth-order valence-corrected chi connectivity index (χ4v) is 3.04. The summed E-state index contributed by atoms with van der Waals surface area (Å²) in [4.78, 5) is 0. The van der Waals surface area contributed by atoms with Gasteiger partial charge in [0.05, 0.1) is 0 Å². The monoisotopic (exact) mass is 233 g/mol. The number of hydrogen-bond donors (Lipinski definition) is 1. The molecule has 2 N–H and O–H groups in total. The maximum atomic E-state index is 6.10. The molecule has 0 bridgehead atoms. The van der Waals surface area contributed by atoms with Crippen molar-refractivity contribution in [1.82, 2.24) is 0 Å². The minimum atomic E-state index is 0.198.